The second kappa shape index (κ2) is 6.44. The van der Waals surface area contributed by atoms with Gasteiger partial charge in [0.2, 0.25) is 10.0 Å². The summed E-state index contributed by atoms with van der Waals surface area (Å²) in [5.74, 6) is 0.201. The molecule has 0 saturated carbocycles. The molecule has 0 aliphatic rings. The molecule has 1 aromatic carbocycles. The molecule has 0 aliphatic carbocycles. The van der Waals surface area contributed by atoms with Crippen LogP contribution in [-0.2, 0) is 10.0 Å². The number of amides is 2. The molecular weight excluding hydrogens is 284 g/mol. The molecule has 0 unspecified atom stereocenters. The van der Waals surface area contributed by atoms with Gasteiger partial charge in [0.25, 0.3) is 0 Å². The Kier molecular flexibility index (Phi) is 5.17. The van der Waals surface area contributed by atoms with Crippen LogP contribution < -0.4 is 26.2 Å². The average molecular weight is 302 g/mol. The predicted molar refractivity (Wildman–Crippen MR) is 74.9 cm³/mol. The number of primary amides is 1. The fourth-order valence-corrected chi connectivity index (χ4v) is 2.71. The van der Waals surface area contributed by atoms with Crippen LogP contribution in [0.2, 0.25) is 0 Å². The molecule has 0 aromatic heterocycles. The number of nitrogens with one attached hydrogen (secondary N) is 2. The van der Waals surface area contributed by atoms with Crippen LogP contribution in [0.15, 0.2) is 17.0 Å². The average Bonchev–Trinajstić information content (AvgIpc) is 2.37. The number of ether oxygens (including phenoxy) is 1. The zero-order valence-corrected chi connectivity index (χ0v) is 12.1. The van der Waals surface area contributed by atoms with E-state index >= 15 is 0 Å². The van der Waals surface area contributed by atoms with Crippen LogP contribution in [0.1, 0.15) is 5.56 Å². The molecular formula is C11H18N4O4S. The first-order valence-electron chi connectivity index (χ1n) is 5.75. The first-order chi connectivity index (χ1) is 9.27. The zero-order valence-electron chi connectivity index (χ0n) is 11.3. The number of methoxy groups -OCH3 is 1. The minimum absolute atomic E-state index is 0.00219. The second-order valence-electron chi connectivity index (χ2n) is 4.05. The fourth-order valence-electron chi connectivity index (χ4n) is 1.50. The van der Waals surface area contributed by atoms with Crippen LogP contribution in [-0.4, -0.2) is 34.6 Å². The van der Waals surface area contributed by atoms with Crippen LogP contribution in [0.4, 0.5) is 10.5 Å². The van der Waals surface area contributed by atoms with Crippen molar-refractivity contribution in [3.8, 4) is 5.75 Å². The second-order valence-corrected chi connectivity index (χ2v) is 5.78. The highest BCUT2D eigenvalue weighted by atomic mass is 32.2. The number of aryl methyl sites for hydroxylation is 1. The third kappa shape index (κ3) is 4.00. The van der Waals surface area contributed by atoms with Gasteiger partial charge in [0.05, 0.1) is 7.11 Å². The van der Waals surface area contributed by atoms with Gasteiger partial charge >= 0.3 is 6.03 Å². The predicted octanol–water partition coefficient (Wildman–Crippen LogP) is -0.468. The molecule has 8 nitrogen and oxygen atoms in total. The third-order valence-electron chi connectivity index (χ3n) is 2.56. The Labute approximate surface area is 117 Å². The van der Waals surface area contributed by atoms with Gasteiger partial charge < -0.3 is 21.5 Å². The van der Waals surface area contributed by atoms with Crippen LogP contribution in [0.3, 0.4) is 0 Å². The number of nitrogen functional groups attached to an aromatic ring is 1. The highest BCUT2D eigenvalue weighted by molar-refractivity contribution is 7.89. The number of urea groups is 1. The number of anilines is 1. The Morgan fingerprint density at radius 2 is 2.00 bits per heavy atom. The summed E-state index contributed by atoms with van der Waals surface area (Å²) in [6.45, 7) is 1.83. The number of sulfonamides is 1. The van der Waals surface area contributed by atoms with E-state index in [1.165, 1.54) is 13.2 Å². The maximum Gasteiger partial charge on any atom is 0.312 e. The van der Waals surface area contributed by atoms with Crippen molar-refractivity contribution in [3.63, 3.8) is 0 Å². The number of nitrogens with two attached hydrogens (primary N) is 2. The van der Waals surface area contributed by atoms with Gasteiger partial charge in [0.15, 0.2) is 0 Å². The van der Waals surface area contributed by atoms with Crippen molar-refractivity contribution in [1.82, 2.24) is 10.0 Å². The zero-order chi connectivity index (χ0) is 15.3. The Balaban J connectivity index is 2.92. The van der Waals surface area contributed by atoms with Crippen molar-refractivity contribution in [2.75, 3.05) is 25.9 Å². The van der Waals surface area contributed by atoms with E-state index in [0.29, 0.717) is 5.69 Å². The molecule has 1 rings (SSSR count). The van der Waals surface area contributed by atoms with E-state index < -0.39 is 16.1 Å². The Hall–Kier alpha value is -2.00. The van der Waals surface area contributed by atoms with Crippen LogP contribution in [0.25, 0.3) is 0 Å². The quantitative estimate of drug-likeness (QED) is 0.416. The van der Waals surface area contributed by atoms with Gasteiger partial charge in [-0.15, -0.1) is 0 Å². The maximum atomic E-state index is 12.1. The summed E-state index contributed by atoms with van der Waals surface area (Å²) in [6.07, 6.45) is 0. The fraction of sp³-hybridized carbons (Fsp3) is 0.364. The highest BCUT2D eigenvalue weighted by Crippen LogP contribution is 2.28. The standard InChI is InChI=1S/C11H18N4O4S/c1-7-5-9(19-2)10(6-8(7)12)20(17,18)15-4-3-14-11(13)16/h5-6,15H,3-4,12H2,1-2H3,(H3,13,14,16). The molecule has 0 atom stereocenters. The summed E-state index contributed by atoms with van der Waals surface area (Å²) >= 11 is 0. The van der Waals surface area contributed by atoms with Crippen LogP contribution >= 0.6 is 0 Å². The van der Waals surface area contributed by atoms with Gasteiger partial charge in [-0.2, -0.15) is 0 Å². The molecule has 0 aliphatic heterocycles. The number of carbonyl (C=O) groups excluding carboxylic acids is 1. The molecule has 0 spiro atoms. The normalized spacial score (nSPS) is 11.1. The SMILES string of the molecule is COc1cc(C)c(N)cc1S(=O)(=O)NCCNC(N)=O. The van der Waals surface area contributed by atoms with Crippen molar-refractivity contribution < 1.29 is 17.9 Å². The third-order valence-corrected chi connectivity index (χ3v) is 4.04. The smallest absolute Gasteiger partial charge is 0.312 e. The lowest BCUT2D eigenvalue weighted by Gasteiger charge is -2.13. The highest BCUT2D eigenvalue weighted by Gasteiger charge is 2.20. The molecule has 0 radical (unpaired) electrons. The lowest BCUT2D eigenvalue weighted by atomic mass is 10.2. The van der Waals surface area contributed by atoms with E-state index in [9.17, 15) is 13.2 Å². The molecule has 0 heterocycles. The number of carbonyl (C=O) groups is 1. The molecule has 1 aromatic rings. The minimum atomic E-state index is -3.79. The molecule has 9 heteroatoms. The molecule has 0 bridgehead atoms. The Morgan fingerprint density at radius 1 is 1.35 bits per heavy atom. The largest absolute Gasteiger partial charge is 0.495 e. The van der Waals surface area contributed by atoms with E-state index in [1.807, 2.05) is 0 Å². The summed E-state index contributed by atoms with van der Waals surface area (Å²) in [5.41, 5.74) is 11.7. The van der Waals surface area contributed by atoms with Gasteiger partial charge in [0, 0.05) is 18.8 Å². The number of rotatable bonds is 6. The van der Waals surface area contributed by atoms with E-state index in [0.717, 1.165) is 5.56 Å². The Morgan fingerprint density at radius 3 is 2.55 bits per heavy atom. The molecule has 6 N–H and O–H groups in total. The number of benzene rings is 1. The van der Waals surface area contributed by atoms with E-state index in [2.05, 4.69) is 10.0 Å². The van der Waals surface area contributed by atoms with Crippen molar-refractivity contribution in [2.24, 2.45) is 5.73 Å². The molecule has 0 fully saturated rings. The summed E-state index contributed by atoms with van der Waals surface area (Å²) < 4.78 is 31.6. The van der Waals surface area contributed by atoms with Gasteiger partial charge in [-0.05, 0) is 24.6 Å². The van der Waals surface area contributed by atoms with Gasteiger partial charge in [-0.1, -0.05) is 0 Å². The lowest BCUT2D eigenvalue weighted by Crippen LogP contribution is -2.37. The van der Waals surface area contributed by atoms with Crippen molar-refractivity contribution in [2.45, 2.75) is 11.8 Å². The van der Waals surface area contributed by atoms with Crippen LogP contribution in [0, 0.1) is 6.92 Å². The summed E-state index contributed by atoms with van der Waals surface area (Å²) in [6, 6.07) is 2.16. The van der Waals surface area contributed by atoms with E-state index in [-0.39, 0.29) is 23.7 Å². The van der Waals surface area contributed by atoms with E-state index in [4.69, 9.17) is 16.2 Å². The van der Waals surface area contributed by atoms with E-state index in [1.54, 1.807) is 13.0 Å². The van der Waals surface area contributed by atoms with Crippen molar-refractivity contribution in [1.29, 1.82) is 0 Å². The molecule has 20 heavy (non-hydrogen) atoms. The number of hydrogen-bond acceptors (Lipinski definition) is 5. The molecule has 112 valence electrons. The Bertz CT molecular complexity index is 601. The van der Waals surface area contributed by atoms with Crippen molar-refractivity contribution in [3.05, 3.63) is 17.7 Å². The van der Waals surface area contributed by atoms with Crippen molar-refractivity contribution >= 4 is 21.7 Å². The first-order valence-corrected chi connectivity index (χ1v) is 7.23. The minimum Gasteiger partial charge on any atom is -0.495 e. The van der Waals surface area contributed by atoms with Crippen LogP contribution in [0.5, 0.6) is 5.75 Å². The molecule has 0 saturated heterocycles. The summed E-state index contributed by atoms with van der Waals surface area (Å²) in [7, 11) is -2.41. The summed E-state index contributed by atoms with van der Waals surface area (Å²) in [4.78, 5) is 10.4. The monoisotopic (exact) mass is 302 g/mol. The van der Waals surface area contributed by atoms with Gasteiger partial charge in [0.1, 0.15) is 10.6 Å². The van der Waals surface area contributed by atoms with Gasteiger partial charge in [-0.3, -0.25) is 0 Å². The lowest BCUT2D eigenvalue weighted by molar-refractivity contribution is 0.249. The maximum absolute atomic E-state index is 12.1. The van der Waals surface area contributed by atoms with Gasteiger partial charge in [-0.25, -0.2) is 17.9 Å². The number of hydrogen-bond donors (Lipinski definition) is 4. The topological polar surface area (TPSA) is 137 Å². The molecule has 2 amide bonds. The first kappa shape index (κ1) is 16.1. The summed E-state index contributed by atoms with van der Waals surface area (Å²) in [5, 5.41) is 2.27.